The fourth-order valence-corrected chi connectivity index (χ4v) is 1.36. The minimum Gasteiger partial charge on any atom is -0.351 e. The Labute approximate surface area is 105 Å². The van der Waals surface area contributed by atoms with Crippen molar-refractivity contribution in [3.8, 4) is 0 Å². The van der Waals surface area contributed by atoms with E-state index in [1.807, 2.05) is 13.8 Å². The zero-order valence-electron chi connectivity index (χ0n) is 10.5. The molecule has 0 fully saturated rings. The van der Waals surface area contributed by atoms with Crippen LogP contribution in [0, 0.1) is 5.95 Å². The lowest BCUT2D eigenvalue weighted by Crippen LogP contribution is -2.35. The molecule has 5 nitrogen and oxygen atoms in total. The average molecular weight is 256 g/mol. The van der Waals surface area contributed by atoms with Gasteiger partial charge >= 0.3 is 0 Å². The molecule has 0 aliphatic heterocycles. The summed E-state index contributed by atoms with van der Waals surface area (Å²) in [5, 5.41) is 2.61. The molecular formula is C12H17FN2O3. The maximum absolute atomic E-state index is 12.8. The van der Waals surface area contributed by atoms with Crippen LogP contribution in [0.4, 0.5) is 4.39 Å². The molecular weight excluding hydrogens is 239 g/mol. The smallest absolute Gasteiger partial charge is 0.251 e. The van der Waals surface area contributed by atoms with Crippen molar-refractivity contribution in [2.45, 2.75) is 20.1 Å². The topological polar surface area (TPSA) is 60.5 Å². The van der Waals surface area contributed by atoms with Gasteiger partial charge in [-0.25, -0.2) is 4.98 Å². The quantitative estimate of drug-likeness (QED) is 0.591. The highest BCUT2D eigenvalue weighted by molar-refractivity contribution is 5.93. The summed E-state index contributed by atoms with van der Waals surface area (Å²) in [5.74, 6) is -1.07. The molecule has 0 atom stereocenters. The number of nitrogens with one attached hydrogen (secondary N) is 1. The van der Waals surface area contributed by atoms with Crippen LogP contribution < -0.4 is 5.32 Å². The molecule has 1 rings (SSSR count). The fourth-order valence-electron chi connectivity index (χ4n) is 1.36. The Morgan fingerprint density at radius 3 is 2.67 bits per heavy atom. The summed E-state index contributed by atoms with van der Waals surface area (Å²) in [6.45, 7) is 4.87. The van der Waals surface area contributed by atoms with E-state index in [2.05, 4.69) is 10.3 Å². The van der Waals surface area contributed by atoms with Gasteiger partial charge in [0.2, 0.25) is 5.95 Å². The molecule has 0 saturated heterocycles. The van der Waals surface area contributed by atoms with Crippen LogP contribution in [-0.2, 0) is 9.47 Å². The van der Waals surface area contributed by atoms with Crippen molar-refractivity contribution in [3.05, 3.63) is 29.8 Å². The monoisotopic (exact) mass is 256 g/mol. The number of hydrogen-bond acceptors (Lipinski definition) is 4. The first-order valence-corrected chi connectivity index (χ1v) is 5.80. The van der Waals surface area contributed by atoms with Crippen LogP contribution in [0.15, 0.2) is 18.3 Å². The Morgan fingerprint density at radius 1 is 1.44 bits per heavy atom. The second-order valence-electron chi connectivity index (χ2n) is 3.42. The first kappa shape index (κ1) is 14.5. The third-order valence-corrected chi connectivity index (χ3v) is 2.12. The van der Waals surface area contributed by atoms with Gasteiger partial charge in [0.15, 0.2) is 6.29 Å². The van der Waals surface area contributed by atoms with E-state index < -0.39 is 12.2 Å². The molecule has 0 aliphatic carbocycles. The summed E-state index contributed by atoms with van der Waals surface area (Å²) in [6.07, 6.45) is 0.753. The molecule has 0 aliphatic rings. The molecule has 0 radical (unpaired) electrons. The van der Waals surface area contributed by atoms with Gasteiger partial charge in [0.25, 0.3) is 5.91 Å². The van der Waals surface area contributed by atoms with E-state index in [4.69, 9.17) is 9.47 Å². The van der Waals surface area contributed by atoms with E-state index in [0.717, 1.165) is 6.07 Å². The highest BCUT2D eigenvalue weighted by Gasteiger charge is 2.11. The fraction of sp³-hybridized carbons (Fsp3) is 0.500. The molecule has 18 heavy (non-hydrogen) atoms. The van der Waals surface area contributed by atoms with Crippen LogP contribution in [0.1, 0.15) is 24.2 Å². The second kappa shape index (κ2) is 7.73. The van der Waals surface area contributed by atoms with E-state index in [1.54, 1.807) is 0 Å². The summed E-state index contributed by atoms with van der Waals surface area (Å²) in [6, 6.07) is 2.51. The van der Waals surface area contributed by atoms with Crippen molar-refractivity contribution in [1.29, 1.82) is 0 Å². The normalized spacial score (nSPS) is 10.7. The van der Waals surface area contributed by atoms with Gasteiger partial charge in [0, 0.05) is 31.0 Å². The van der Waals surface area contributed by atoms with Crippen LogP contribution in [0.3, 0.4) is 0 Å². The number of halogens is 1. The molecule has 6 heteroatoms. The molecule has 0 spiro atoms. The lowest BCUT2D eigenvalue weighted by Gasteiger charge is -2.17. The standard InChI is InChI=1S/C12H17FN2O3/c1-3-17-11(18-4-2)8-15-12(16)9-5-6-14-10(13)7-9/h5-7,11H,3-4,8H2,1-2H3,(H,15,16). The van der Waals surface area contributed by atoms with E-state index >= 15 is 0 Å². The Bertz CT molecular complexity index is 381. The number of ether oxygens (including phenoxy) is 2. The van der Waals surface area contributed by atoms with Gasteiger partial charge in [-0.2, -0.15) is 4.39 Å². The van der Waals surface area contributed by atoms with E-state index in [9.17, 15) is 9.18 Å². The van der Waals surface area contributed by atoms with Crippen molar-refractivity contribution in [2.75, 3.05) is 19.8 Å². The van der Waals surface area contributed by atoms with Gasteiger partial charge in [-0.3, -0.25) is 4.79 Å². The van der Waals surface area contributed by atoms with E-state index in [1.165, 1.54) is 12.3 Å². The Balaban J connectivity index is 2.49. The summed E-state index contributed by atoms with van der Waals surface area (Å²) >= 11 is 0. The van der Waals surface area contributed by atoms with Crippen LogP contribution in [0.25, 0.3) is 0 Å². The molecule has 1 amide bonds. The van der Waals surface area contributed by atoms with E-state index in [0.29, 0.717) is 13.2 Å². The lowest BCUT2D eigenvalue weighted by molar-refractivity contribution is -0.131. The lowest BCUT2D eigenvalue weighted by atomic mass is 10.2. The van der Waals surface area contributed by atoms with Gasteiger partial charge in [0.1, 0.15) is 0 Å². The van der Waals surface area contributed by atoms with Crippen molar-refractivity contribution in [3.63, 3.8) is 0 Å². The first-order chi connectivity index (χ1) is 8.67. The van der Waals surface area contributed by atoms with Crippen molar-refractivity contribution >= 4 is 5.91 Å². The first-order valence-electron chi connectivity index (χ1n) is 5.80. The second-order valence-corrected chi connectivity index (χ2v) is 3.42. The molecule has 1 aromatic rings. The Morgan fingerprint density at radius 2 is 2.11 bits per heavy atom. The zero-order chi connectivity index (χ0) is 13.4. The third-order valence-electron chi connectivity index (χ3n) is 2.12. The number of amides is 1. The average Bonchev–Trinajstić information content (AvgIpc) is 2.36. The molecule has 1 N–H and O–H groups in total. The molecule has 0 saturated carbocycles. The number of nitrogens with zero attached hydrogens (tertiary/aromatic N) is 1. The molecule has 0 unspecified atom stereocenters. The maximum atomic E-state index is 12.8. The minimum absolute atomic E-state index is 0.213. The van der Waals surface area contributed by atoms with Gasteiger partial charge < -0.3 is 14.8 Å². The Hall–Kier alpha value is -1.53. The Kier molecular flexibility index (Phi) is 6.24. The highest BCUT2D eigenvalue weighted by atomic mass is 19.1. The van der Waals surface area contributed by atoms with Gasteiger partial charge in [-0.15, -0.1) is 0 Å². The van der Waals surface area contributed by atoms with Crippen LogP contribution in [0.2, 0.25) is 0 Å². The van der Waals surface area contributed by atoms with Crippen LogP contribution in [-0.4, -0.2) is 36.9 Å². The van der Waals surface area contributed by atoms with Crippen molar-refractivity contribution in [2.24, 2.45) is 0 Å². The zero-order valence-corrected chi connectivity index (χ0v) is 10.5. The summed E-state index contributed by atoms with van der Waals surface area (Å²) in [5.41, 5.74) is 0.217. The molecule has 0 aromatic carbocycles. The van der Waals surface area contributed by atoms with Crippen LogP contribution in [0.5, 0.6) is 0 Å². The number of aromatic nitrogens is 1. The summed E-state index contributed by atoms with van der Waals surface area (Å²) < 4.78 is 23.4. The third kappa shape index (κ3) is 4.77. The number of hydrogen-bond donors (Lipinski definition) is 1. The SMILES string of the molecule is CCOC(CNC(=O)c1ccnc(F)c1)OCC. The number of carbonyl (C=O) groups excluding carboxylic acids is 1. The summed E-state index contributed by atoms with van der Waals surface area (Å²) in [4.78, 5) is 15.1. The molecule has 1 aromatic heterocycles. The predicted octanol–water partition coefficient (Wildman–Crippen LogP) is 1.35. The van der Waals surface area contributed by atoms with Crippen molar-refractivity contribution in [1.82, 2.24) is 10.3 Å². The largest absolute Gasteiger partial charge is 0.351 e. The van der Waals surface area contributed by atoms with Gasteiger partial charge in [-0.05, 0) is 19.9 Å². The molecule has 1 heterocycles. The summed E-state index contributed by atoms with van der Waals surface area (Å²) in [7, 11) is 0. The predicted molar refractivity (Wildman–Crippen MR) is 63.6 cm³/mol. The van der Waals surface area contributed by atoms with Crippen LogP contribution >= 0.6 is 0 Å². The number of pyridine rings is 1. The molecule has 0 bridgehead atoms. The van der Waals surface area contributed by atoms with E-state index in [-0.39, 0.29) is 18.0 Å². The number of carbonyl (C=O) groups is 1. The highest BCUT2D eigenvalue weighted by Crippen LogP contribution is 2.01. The minimum atomic E-state index is -0.686. The van der Waals surface area contributed by atoms with Crippen molar-refractivity contribution < 1.29 is 18.7 Å². The van der Waals surface area contributed by atoms with Gasteiger partial charge in [0.05, 0.1) is 6.54 Å². The van der Waals surface area contributed by atoms with Gasteiger partial charge in [-0.1, -0.05) is 0 Å². The maximum Gasteiger partial charge on any atom is 0.251 e. The number of rotatable bonds is 7. The molecule has 100 valence electrons.